The van der Waals surface area contributed by atoms with Gasteiger partial charge in [-0.3, -0.25) is 4.79 Å². The molecule has 0 spiro atoms. The van der Waals surface area contributed by atoms with E-state index in [0.717, 1.165) is 25.2 Å². The number of carbonyl (C=O) groups excluding carboxylic acids is 1. The topological polar surface area (TPSA) is 72.9 Å². The third-order valence-electron chi connectivity index (χ3n) is 2.85. The van der Waals surface area contributed by atoms with Crippen molar-refractivity contribution < 1.29 is 4.79 Å². The van der Waals surface area contributed by atoms with Crippen LogP contribution in [0.3, 0.4) is 0 Å². The van der Waals surface area contributed by atoms with Crippen LogP contribution in [0.15, 0.2) is 36.5 Å². The van der Waals surface area contributed by atoms with E-state index in [-0.39, 0.29) is 18.3 Å². The summed E-state index contributed by atoms with van der Waals surface area (Å²) in [5.74, 6) is 0.563. The number of nitrogen functional groups attached to an aromatic ring is 1. The van der Waals surface area contributed by atoms with Crippen LogP contribution in [-0.2, 0) is 6.54 Å². The molecule has 1 aromatic heterocycles. The molecule has 1 aromatic carbocycles. The van der Waals surface area contributed by atoms with Gasteiger partial charge in [0.2, 0.25) is 0 Å². The van der Waals surface area contributed by atoms with Gasteiger partial charge in [0.15, 0.2) is 0 Å². The first kappa shape index (κ1) is 16.0. The van der Waals surface area contributed by atoms with Gasteiger partial charge in [0.25, 0.3) is 5.91 Å². The normalized spacial score (nSPS) is 9.85. The summed E-state index contributed by atoms with van der Waals surface area (Å²) < 4.78 is 1.80. The van der Waals surface area contributed by atoms with E-state index in [0.29, 0.717) is 11.3 Å². The second-order valence-corrected chi connectivity index (χ2v) is 4.37. The Hall–Kier alpha value is -2.01. The number of hydrogen-bond acceptors (Lipinski definition) is 3. The minimum atomic E-state index is -0.154. The zero-order valence-corrected chi connectivity index (χ0v) is 12.2. The molecule has 0 atom stereocenters. The molecule has 1 heterocycles. The average molecular weight is 295 g/mol. The Morgan fingerprint density at radius 3 is 2.65 bits per heavy atom. The Morgan fingerprint density at radius 2 is 2.00 bits per heavy atom. The van der Waals surface area contributed by atoms with Crippen molar-refractivity contribution in [2.45, 2.75) is 26.3 Å². The van der Waals surface area contributed by atoms with Gasteiger partial charge in [-0.05, 0) is 30.7 Å². The van der Waals surface area contributed by atoms with E-state index in [9.17, 15) is 4.79 Å². The Balaban J connectivity index is 0.00000200. The fourth-order valence-corrected chi connectivity index (χ4v) is 1.75. The Labute approximate surface area is 124 Å². The number of halogens is 1. The molecule has 1 amide bonds. The lowest BCUT2D eigenvalue weighted by Crippen LogP contribution is -2.15. The first-order valence-electron chi connectivity index (χ1n) is 6.39. The SMILES string of the molecule is CCCCn1nccc1NC(=O)c1ccc(N)cc1.Cl. The van der Waals surface area contributed by atoms with Gasteiger partial charge in [-0.1, -0.05) is 13.3 Å². The zero-order valence-electron chi connectivity index (χ0n) is 11.4. The van der Waals surface area contributed by atoms with Crippen LogP contribution < -0.4 is 11.1 Å². The van der Waals surface area contributed by atoms with E-state index >= 15 is 0 Å². The fraction of sp³-hybridized carbons (Fsp3) is 0.286. The number of nitrogens with zero attached hydrogens (tertiary/aromatic N) is 2. The van der Waals surface area contributed by atoms with Crippen LogP contribution in [0.2, 0.25) is 0 Å². The molecule has 0 bridgehead atoms. The Bertz CT molecular complexity index is 551. The number of amides is 1. The zero-order chi connectivity index (χ0) is 13.7. The van der Waals surface area contributed by atoms with E-state index < -0.39 is 0 Å². The average Bonchev–Trinajstić information content (AvgIpc) is 2.84. The van der Waals surface area contributed by atoms with Gasteiger partial charge >= 0.3 is 0 Å². The van der Waals surface area contributed by atoms with Crippen molar-refractivity contribution in [1.29, 1.82) is 0 Å². The molecule has 0 aliphatic carbocycles. The molecule has 3 N–H and O–H groups in total. The van der Waals surface area contributed by atoms with Crippen LogP contribution in [0, 0.1) is 0 Å². The van der Waals surface area contributed by atoms with Crippen molar-refractivity contribution in [2.24, 2.45) is 0 Å². The summed E-state index contributed by atoms with van der Waals surface area (Å²) in [5.41, 5.74) is 6.82. The van der Waals surface area contributed by atoms with Crippen molar-refractivity contribution in [3.63, 3.8) is 0 Å². The molecule has 20 heavy (non-hydrogen) atoms. The van der Waals surface area contributed by atoms with Gasteiger partial charge < -0.3 is 11.1 Å². The van der Waals surface area contributed by atoms with Crippen LogP contribution in [0.25, 0.3) is 0 Å². The molecule has 6 heteroatoms. The number of nitrogens with one attached hydrogen (secondary N) is 1. The summed E-state index contributed by atoms with van der Waals surface area (Å²) in [7, 11) is 0. The largest absolute Gasteiger partial charge is 0.399 e. The van der Waals surface area contributed by atoms with Gasteiger partial charge in [0.05, 0.1) is 6.20 Å². The van der Waals surface area contributed by atoms with Crippen molar-refractivity contribution in [2.75, 3.05) is 11.1 Å². The van der Waals surface area contributed by atoms with Crippen LogP contribution in [0.1, 0.15) is 30.1 Å². The summed E-state index contributed by atoms with van der Waals surface area (Å²) in [6.45, 7) is 2.93. The number of anilines is 2. The molecule has 0 aliphatic rings. The maximum absolute atomic E-state index is 12.1. The van der Waals surface area contributed by atoms with E-state index in [1.807, 2.05) is 0 Å². The number of carbonyl (C=O) groups is 1. The van der Waals surface area contributed by atoms with Crippen LogP contribution >= 0.6 is 12.4 Å². The molecule has 0 saturated heterocycles. The lowest BCUT2D eigenvalue weighted by Gasteiger charge is -2.08. The first-order chi connectivity index (χ1) is 9.20. The molecule has 0 aliphatic heterocycles. The molecule has 0 unspecified atom stereocenters. The van der Waals surface area contributed by atoms with Gasteiger partial charge in [-0.2, -0.15) is 5.10 Å². The number of rotatable bonds is 5. The highest BCUT2D eigenvalue weighted by atomic mass is 35.5. The molecule has 5 nitrogen and oxygen atoms in total. The van der Waals surface area contributed by atoms with E-state index in [2.05, 4.69) is 17.3 Å². The molecule has 2 rings (SSSR count). The van der Waals surface area contributed by atoms with Crippen LogP contribution in [0.5, 0.6) is 0 Å². The predicted octanol–water partition coefficient (Wildman–Crippen LogP) is 2.94. The van der Waals surface area contributed by atoms with Gasteiger partial charge in [0.1, 0.15) is 5.82 Å². The molecule has 0 saturated carbocycles. The molecule has 108 valence electrons. The minimum absolute atomic E-state index is 0. The van der Waals surface area contributed by atoms with E-state index in [1.54, 1.807) is 41.2 Å². The van der Waals surface area contributed by atoms with Gasteiger partial charge in [0, 0.05) is 23.9 Å². The maximum atomic E-state index is 12.1. The highest BCUT2D eigenvalue weighted by molar-refractivity contribution is 6.03. The van der Waals surface area contributed by atoms with Gasteiger partial charge in [-0.15, -0.1) is 12.4 Å². The summed E-state index contributed by atoms with van der Waals surface area (Å²) in [4.78, 5) is 12.1. The Kier molecular flexibility index (Phi) is 6.06. The second-order valence-electron chi connectivity index (χ2n) is 4.37. The third kappa shape index (κ3) is 3.99. The van der Waals surface area contributed by atoms with Crippen LogP contribution in [-0.4, -0.2) is 15.7 Å². The minimum Gasteiger partial charge on any atom is -0.399 e. The van der Waals surface area contributed by atoms with Crippen LogP contribution in [0.4, 0.5) is 11.5 Å². The van der Waals surface area contributed by atoms with Crippen molar-refractivity contribution in [3.05, 3.63) is 42.1 Å². The fourth-order valence-electron chi connectivity index (χ4n) is 1.75. The summed E-state index contributed by atoms with van der Waals surface area (Å²) in [6, 6.07) is 8.63. The maximum Gasteiger partial charge on any atom is 0.256 e. The highest BCUT2D eigenvalue weighted by Gasteiger charge is 2.09. The monoisotopic (exact) mass is 294 g/mol. The standard InChI is InChI=1S/C14H18N4O.ClH/c1-2-3-10-18-13(8-9-16-18)17-14(19)11-4-6-12(15)7-5-11;/h4-9H,2-3,10,15H2,1H3,(H,17,19);1H. The number of aryl methyl sites for hydroxylation is 1. The molecule has 0 radical (unpaired) electrons. The number of aromatic nitrogens is 2. The molecule has 2 aromatic rings. The number of benzene rings is 1. The smallest absolute Gasteiger partial charge is 0.256 e. The molecular weight excluding hydrogens is 276 g/mol. The summed E-state index contributed by atoms with van der Waals surface area (Å²) in [5, 5.41) is 7.05. The Morgan fingerprint density at radius 1 is 1.30 bits per heavy atom. The van der Waals surface area contributed by atoms with Crippen molar-refractivity contribution in [3.8, 4) is 0 Å². The lowest BCUT2D eigenvalue weighted by molar-refractivity contribution is 0.102. The first-order valence-corrected chi connectivity index (χ1v) is 6.39. The van der Waals surface area contributed by atoms with Crippen molar-refractivity contribution >= 4 is 29.8 Å². The molecular formula is C14H19ClN4O. The third-order valence-corrected chi connectivity index (χ3v) is 2.85. The van der Waals surface area contributed by atoms with E-state index in [4.69, 9.17) is 5.73 Å². The van der Waals surface area contributed by atoms with Gasteiger partial charge in [-0.25, -0.2) is 4.68 Å². The highest BCUT2D eigenvalue weighted by Crippen LogP contribution is 2.11. The van der Waals surface area contributed by atoms with E-state index in [1.165, 1.54) is 0 Å². The molecule has 0 fully saturated rings. The number of unbranched alkanes of at least 4 members (excludes halogenated alkanes) is 1. The summed E-state index contributed by atoms with van der Waals surface area (Å²) in [6.07, 6.45) is 3.81. The summed E-state index contributed by atoms with van der Waals surface area (Å²) >= 11 is 0. The lowest BCUT2D eigenvalue weighted by atomic mass is 10.2. The van der Waals surface area contributed by atoms with Crippen molar-refractivity contribution in [1.82, 2.24) is 9.78 Å². The second kappa shape index (κ2) is 7.55. The number of nitrogens with two attached hydrogens (primary N) is 1. The number of hydrogen-bond donors (Lipinski definition) is 2. The quantitative estimate of drug-likeness (QED) is 0.833. The predicted molar refractivity (Wildman–Crippen MR) is 83.2 cm³/mol.